The number of halogens is 1. The molecule has 0 amide bonds. The lowest BCUT2D eigenvalue weighted by atomic mass is 9.99. The Labute approximate surface area is 106 Å². The molecule has 1 saturated heterocycles. The Morgan fingerprint density at radius 2 is 2.29 bits per heavy atom. The average molecular weight is 251 g/mol. The lowest BCUT2D eigenvalue weighted by molar-refractivity contribution is 0.0566. The van der Waals surface area contributed by atoms with Crippen LogP contribution < -0.4 is 4.90 Å². The molecule has 0 bridgehead atoms. The first-order valence-corrected chi connectivity index (χ1v) is 6.02. The Kier molecular flexibility index (Phi) is 3.03. The van der Waals surface area contributed by atoms with Crippen LogP contribution in [-0.4, -0.2) is 23.3 Å². The van der Waals surface area contributed by atoms with Gasteiger partial charge in [-0.3, -0.25) is 0 Å². The van der Waals surface area contributed by atoms with Gasteiger partial charge in [0.2, 0.25) is 0 Å². The molecule has 2 rings (SSSR count). The summed E-state index contributed by atoms with van der Waals surface area (Å²) in [6, 6.07) is 7.48. The third-order valence-corrected chi connectivity index (χ3v) is 3.94. The highest BCUT2D eigenvalue weighted by atomic mass is 35.5. The molecule has 1 fully saturated rings. The van der Waals surface area contributed by atoms with Crippen LogP contribution in [0.5, 0.6) is 0 Å². The summed E-state index contributed by atoms with van der Waals surface area (Å²) in [4.78, 5) is 2.12. The van der Waals surface area contributed by atoms with Gasteiger partial charge in [-0.15, -0.1) is 0 Å². The van der Waals surface area contributed by atoms with Gasteiger partial charge in [0, 0.05) is 12.2 Å². The van der Waals surface area contributed by atoms with Crippen molar-refractivity contribution in [3.63, 3.8) is 0 Å². The summed E-state index contributed by atoms with van der Waals surface area (Å²) in [6.07, 6.45) is 0.742. The third-order valence-electron chi connectivity index (χ3n) is 3.63. The van der Waals surface area contributed by atoms with Crippen LogP contribution in [-0.2, 0) is 0 Å². The van der Waals surface area contributed by atoms with Crippen molar-refractivity contribution in [2.75, 3.05) is 11.4 Å². The molecule has 2 unspecified atom stereocenters. The Morgan fingerprint density at radius 1 is 1.59 bits per heavy atom. The van der Waals surface area contributed by atoms with E-state index in [-0.39, 0.29) is 6.04 Å². The van der Waals surface area contributed by atoms with E-state index in [1.165, 1.54) is 0 Å². The summed E-state index contributed by atoms with van der Waals surface area (Å²) in [5.74, 6) is 0. The molecule has 1 aliphatic heterocycles. The first kappa shape index (κ1) is 12.2. The summed E-state index contributed by atoms with van der Waals surface area (Å²) >= 11 is 6.02. The van der Waals surface area contributed by atoms with Crippen molar-refractivity contribution < 1.29 is 5.11 Å². The Bertz CT molecular complexity index is 479. The maximum Gasteiger partial charge on any atom is 0.101 e. The topological polar surface area (TPSA) is 47.3 Å². The van der Waals surface area contributed by atoms with Crippen molar-refractivity contribution in [1.29, 1.82) is 5.26 Å². The van der Waals surface area contributed by atoms with E-state index in [0.717, 1.165) is 18.7 Å². The minimum atomic E-state index is -0.666. The van der Waals surface area contributed by atoms with Gasteiger partial charge < -0.3 is 10.0 Å². The molecule has 1 aliphatic rings. The van der Waals surface area contributed by atoms with E-state index < -0.39 is 5.60 Å². The SMILES string of the molecule is CC1N(c2ccc(C#N)c(Cl)c2)CCC1(C)O. The molecule has 1 N–H and O–H groups in total. The highest BCUT2D eigenvalue weighted by Gasteiger charge is 2.39. The molecule has 3 nitrogen and oxygen atoms in total. The lowest BCUT2D eigenvalue weighted by Gasteiger charge is -2.29. The average Bonchev–Trinajstić information content (AvgIpc) is 2.54. The number of nitriles is 1. The quantitative estimate of drug-likeness (QED) is 0.833. The zero-order valence-electron chi connectivity index (χ0n) is 9.94. The van der Waals surface area contributed by atoms with Gasteiger partial charge in [-0.25, -0.2) is 0 Å². The minimum absolute atomic E-state index is 0.0477. The van der Waals surface area contributed by atoms with Crippen LogP contribution in [0.3, 0.4) is 0 Å². The second kappa shape index (κ2) is 4.21. The van der Waals surface area contributed by atoms with Crippen molar-refractivity contribution in [1.82, 2.24) is 0 Å². The highest BCUT2D eigenvalue weighted by Crippen LogP contribution is 2.34. The van der Waals surface area contributed by atoms with Crippen molar-refractivity contribution in [3.8, 4) is 6.07 Å². The normalized spacial score (nSPS) is 28.2. The minimum Gasteiger partial charge on any atom is -0.388 e. The molecule has 4 heteroatoms. The van der Waals surface area contributed by atoms with Gasteiger partial charge in [0.05, 0.1) is 22.2 Å². The molecule has 0 spiro atoms. The molecular weight excluding hydrogens is 236 g/mol. The molecule has 1 heterocycles. The van der Waals surface area contributed by atoms with E-state index in [0.29, 0.717) is 10.6 Å². The Balaban J connectivity index is 2.31. The van der Waals surface area contributed by atoms with E-state index in [1.54, 1.807) is 12.1 Å². The van der Waals surface area contributed by atoms with Crippen molar-refractivity contribution in [2.24, 2.45) is 0 Å². The first-order chi connectivity index (χ1) is 7.95. The van der Waals surface area contributed by atoms with Gasteiger partial charge in [0.15, 0.2) is 0 Å². The van der Waals surface area contributed by atoms with Crippen molar-refractivity contribution >= 4 is 17.3 Å². The van der Waals surface area contributed by atoms with E-state index >= 15 is 0 Å². The van der Waals surface area contributed by atoms with Gasteiger partial charge in [0.1, 0.15) is 6.07 Å². The maximum absolute atomic E-state index is 10.1. The summed E-state index contributed by atoms with van der Waals surface area (Å²) in [7, 11) is 0. The highest BCUT2D eigenvalue weighted by molar-refractivity contribution is 6.32. The molecular formula is C13H15ClN2O. The largest absolute Gasteiger partial charge is 0.388 e. The maximum atomic E-state index is 10.1. The predicted molar refractivity (Wildman–Crippen MR) is 68.2 cm³/mol. The van der Waals surface area contributed by atoms with Crippen LogP contribution in [0, 0.1) is 11.3 Å². The fraction of sp³-hybridized carbons (Fsp3) is 0.462. The summed E-state index contributed by atoms with van der Waals surface area (Å²) in [5, 5.41) is 19.4. The molecule has 0 radical (unpaired) electrons. The number of hydrogen-bond donors (Lipinski definition) is 1. The zero-order chi connectivity index (χ0) is 12.6. The second-order valence-electron chi connectivity index (χ2n) is 4.75. The van der Waals surface area contributed by atoms with Crippen LogP contribution in [0.4, 0.5) is 5.69 Å². The van der Waals surface area contributed by atoms with Crippen LogP contribution in [0.2, 0.25) is 5.02 Å². The van der Waals surface area contributed by atoms with Crippen LogP contribution in [0.15, 0.2) is 18.2 Å². The molecule has 0 aliphatic carbocycles. The van der Waals surface area contributed by atoms with Crippen molar-refractivity contribution in [2.45, 2.75) is 31.9 Å². The molecule has 0 saturated carbocycles. The van der Waals surface area contributed by atoms with Crippen LogP contribution in [0.25, 0.3) is 0 Å². The molecule has 90 valence electrons. The third kappa shape index (κ3) is 2.11. The number of hydrogen-bond acceptors (Lipinski definition) is 3. The molecule has 0 aromatic heterocycles. The second-order valence-corrected chi connectivity index (χ2v) is 5.16. The van der Waals surface area contributed by atoms with E-state index in [4.69, 9.17) is 16.9 Å². The van der Waals surface area contributed by atoms with E-state index in [1.807, 2.05) is 26.0 Å². The summed E-state index contributed by atoms with van der Waals surface area (Å²) in [6.45, 7) is 4.65. The number of benzene rings is 1. The van der Waals surface area contributed by atoms with Gasteiger partial charge in [0.25, 0.3) is 0 Å². The monoisotopic (exact) mass is 250 g/mol. The van der Waals surface area contributed by atoms with Crippen LogP contribution >= 0.6 is 11.6 Å². The number of rotatable bonds is 1. The van der Waals surface area contributed by atoms with Crippen molar-refractivity contribution in [3.05, 3.63) is 28.8 Å². The lowest BCUT2D eigenvalue weighted by Crippen LogP contribution is -2.40. The molecule has 2 atom stereocenters. The molecule has 1 aromatic carbocycles. The standard InChI is InChI=1S/C13H15ClN2O/c1-9-13(2,17)5-6-16(9)11-4-3-10(8-15)12(14)7-11/h3-4,7,9,17H,5-6H2,1-2H3. The zero-order valence-corrected chi connectivity index (χ0v) is 10.7. The fourth-order valence-electron chi connectivity index (χ4n) is 2.21. The van der Waals surface area contributed by atoms with Crippen LogP contribution in [0.1, 0.15) is 25.8 Å². The number of anilines is 1. The summed E-state index contributed by atoms with van der Waals surface area (Å²) in [5.41, 5.74) is 0.772. The smallest absolute Gasteiger partial charge is 0.101 e. The summed E-state index contributed by atoms with van der Waals surface area (Å²) < 4.78 is 0. The van der Waals surface area contributed by atoms with Gasteiger partial charge in [-0.2, -0.15) is 5.26 Å². The van der Waals surface area contributed by atoms with Gasteiger partial charge in [-0.1, -0.05) is 11.6 Å². The first-order valence-electron chi connectivity index (χ1n) is 5.64. The van der Waals surface area contributed by atoms with E-state index in [9.17, 15) is 5.11 Å². The van der Waals surface area contributed by atoms with E-state index in [2.05, 4.69) is 4.90 Å². The van der Waals surface area contributed by atoms with Gasteiger partial charge >= 0.3 is 0 Å². The molecule has 1 aromatic rings. The fourth-order valence-corrected chi connectivity index (χ4v) is 2.43. The number of aliphatic hydroxyl groups is 1. The Morgan fingerprint density at radius 3 is 2.76 bits per heavy atom. The predicted octanol–water partition coefficient (Wildman–Crippen LogP) is 2.56. The number of nitrogens with zero attached hydrogens (tertiary/aromatic N) is 2. The molecule has 17 heavy (non-hydrogen) atoms. The van der Waals surface area contributed by atoms with Gasteiger partial charge in [-0.05, 0) is 38.5 Å². The Hall–Kier alpha value is -1.24.